The summed E-state index contributed by atoms with van der Waals surface area (Å²) in [5.74, 6) is 1.29. The smallest absolute Gasteiger partial charge is 0.256 e. The molecule has 11 heteroatoms. The molecule has 11 nitrogen and oxygen atoms in total. The molecule has 3 atom stereocenters. The minimum Gasteiger partial charge on any atom is -0.497 e. The highest BCUT2D eigenvalue weighted by atomic mass is 16.6. The Labute approximate surface area is 276 Å². The highest BCUT2D eigenvalue weighted by Crippen LogP contribution is 2.45. The molecule has 0 saturated carbocycles. The van der Waals surface area contributed by atoms with Crippen molar-refractivity contribution in [3.8, 4) is 11.5 Å². The van der Waals surface area contributed by atoms with Gasteiger partial charge in [0.05, 0.1) is 20.8 Å². The van der Waals surface area contributed by atoms with Crippen LogP contribution in [0, 0.1) is 0 Å². The van der Waals surface area contributed by atoms with Crippen LogP contribution in [-0.2, 0) is 15.1 Å². The van der Waals surface area contributed by atoms with Gasteiger partial charge in [-0.3, -0.25) is 9.36 Å². The maximum atomic E-state index is 13.1. The molecule has 2 aromatic heterocycles. The first kappa shape index (κ1) is 31.0. The van der Waals surface area contributed by atoms with Crippen molar-refractivity contribution in [2.24, 2.45) is 0 Å². The molecule has 1 amide bonds. The third-order valence-corrected chi connectivity index (χ3v) is 8.51. The van der Waals surface area contributed by atoms with E-state index < -0.39 is 24.0 Å². The van der Waals surface area contributed by atoms with Crippen LogP contribution >= 0.6 is 0 Å². The first-order valence-electron chi connectivity index (χ1n) is 15.4. The van der Waals surface area contributed by atoms with Gasteiger partial charge in [0.25, 0.3) is 5.91 Å². The van der Waals surface area contributed by atoms with Crippen LogP contribution < -0.4 is 14.8 Å². The number of hydrogen-bond donors (Lipinski definition) is 2. The molecule has 2 N–H and O–H groups in total. The number of aromatic nitrogens is 4. The number of amides is 1. The van der Waals surface area contributed by atoms with E-state index in [2.05, 4.69) is 20.3 Å². The zero-order valence-electron chi connectivity index (χ0n) is 26.3. The molecule has 242 valence electrons. The first-order chi connectivity index (χ1) is 23.5. The average Bonchev–Trinajstić information content (AvgIpc) is 3.74. The second kappa shape index (κ2) is 13.2. The van der Waals surface area contributed by atoms with Crippen molar-refractivity contribution in [1.29, 1.82) is 0 Å². The van der Waals surface area contributed by atoms with Crippen LogP contribution in [0.15, 0.2) is 122 Å². The normalized spacial score (nSPS) is 17.7. The molecular formula is C37H33N5O6. The molecule has 0 radical (unpaired) electrons. The Morgan fingerprint density at radius 2 is 1.40 bits per heavy atom. The molecular weight excluding hydrogens is 610 g/mol. The van der Waals surface area contributed by atoms with E-state index in [1.807, 2.05) is 84.9 Å². The molecule has 7 rings (SSSR count). The number of methoxy groups -OCH3 is 2. The fourth-order valence-electron chi connectivity index (χ4n) is 6.11. The van der Waals surface area contributed by atoms with Gasteiger partial charge in [0.2, 0.25) is 0 Å². The van der Waals surface area contributed by atoms with Gasteiger partial charge in [-0.15, -0.1) is 0 Å². The number of nitrogens with one attached hydrogen (secondary N) is 1. The lowest BCUT2D eigenvalue weighted by Gasteiger charge is -2.38. The lowest BCUT2D eigenvalue weighted by Crippen LogP contribution is -2.41. The van der Waals surface area contributed by atoms with Gasteiger partial charge in [0.15, 0.2) is 17.7 Å². The predicted molar refractivity (Wildman–Crippen MR) is 178 cm³/mol. The Kier molecular flexibility index (Phi) is 8.55. The Morgan fingerprint density at radius 1 is 0.812 bits per heavy atom. The fourth-order valence-corrected chi connectivity index (χ4v) is 6.11. The van der Waals surface area contributed by atoms with Crippen molar-refractivity contribution in [2.45, 2.75) is 24.0 Å². The van der Waals surface area contributed by atoms with E-state index in [-0.39, 0.29) is 18.3 Å². The molecule has 6 aromatic rings. The lowest BCUT2D eigenvalue weighted by molar-refractivity contribution is -0.0898. The van der Waals surface area contributed by atoms with Gasteiger partial charge in [-0.05, 0) is 53.1 Å². The maximum absolute atomic E-state index is 13.1. The van der Waals surface area contributed by atoms with Gasteiger partial charge in [-0.1, -0.05) is 72.8 Å². The van der Waals surface area contributed by atoms with Gasteiger partial charge in [0, 0.05) is 5.56 Å². The summed E-state index contributed by atoms with van der Waals surface area (Å²) in [5, 5.41) is 14.8. The number of benzene rings is 4. The number of aliphatic hydroxyl groups excluding tert-OH is 1. The summed E-state index contributed by atoms with van der Waals surface area (Å²) in [6.45, 7) is 0.0613. The van der Waals surface area contributed by atoms with E-state index in [0.29, 0.717) is 28.2 Å². The summed E-state index contributed by atoms with van der Waals surface area (Å²) < 4.78 is 25.9. The van der Waals surface area contributed by atoms with E-state index in [0.717, 1.165) is 16.7 Å². The Morgan fingerprint density at radius 3 is 2.00 bits per heavy atom. The van der Waals surface area contributed by atoms with Crippen LogP contribution in [0.5, 0.6) is 11.5 Å². The Hall–Kier alpha value is -5.62. The molecule has 4 aromatic carbocycles. The third-order valence-electron chi connectivity index (χ3n) is 8.51. The quantitative estimate of drug-likeness (QED) is 0.190. The van der Waals surface area contributed by atoms with Crippen molar-refractivity contribution in [1.82, 2.24) is 19.5 Å². The second-order valence-corrected chi connectivity index (χ2v) is 11.2. The van der Waals surface area contributed by atoms with Crippen LogP contribution in [0.3, 0.4) is 0 Å². The van der Waals surface area contributed by atoms with Gasteiger partial charge >= 0.3 is 0 Å². The zero-order valence-corrected chi connectivity index (χ0v) is 26.3. The predicted octanol–water partition coefficient (Wildman–Crippen LogP) is 5.36. The number of hydrogen-bond acceptors (Lipinski definition) is 9. The summed E-state index contributed by atoms with van der Waals surface area (Å²) >= 11 is 0. The summed E-state index contributed by atoms with van der Waals surface area (Å²) in [6, 6.07) is 34.0. The number of carbonyl (C=O) groups excluding carboxylic acids is 1. The molecule has 1 aliphatic rings. The van der Waals surface area contributed by atoms with Crippen molar-refractivity contribution in [2.75, 3.05) is 26.1 Å². The number of fused-ring (bicyclic) bond motifs is 1. The van der Waals surface area contributed by atoms with Crippen LogP contribution in [-0.4, -0.2) is 63.6 Å². The molecule has 0 aliphatic carbocycles. The summed E-state index contributed by atoms with van der Waals surface area (Å²) in [4.78, 5) is 26.1. The molecule has 0 bridgehead atoms. The number of anilines is 1. The number of aliphatic hydroxyl groups is 1. The number of carbonyl (C=O) groups is 1. The highest BCUT2D eigenvalue weighted by Gasteiger charge is 2.47. The third kappa shape index (κ3) is 5.64. The van der Waals surface area contributed by atoms with Crippen LogP contribution in [0.4, 0.5) is 5.82 Å². The highest BCUT2D eigenvalue weighted by molar-refractivity contribution is 6.06. The fraction of sp³-hybridized carbons (Fsp3) is 0.189. The van der Waals surface area contributed by atoms with E-state index in [9.17, 15) is 9.90 Å². The summed E-state index contributed by atoms with van der Waals surface area (Å²) in [6.07, 6.45) is -0.0244. The van der Waals surface area contributed by atoms with Gasteiger partial charge in [-0.25, -0.2) is 15.0 Å². The van der Waals surface area contributed by atoms with Crippen LogP contribution in [0.1, 0.15) is 33.3 Å². The Bertz CT molecular complexity index is 1960. The minimum atomic E-state index is -1.17. The number of imidazole rings is 1. The molecule has 0 spiro atoms. The number of nitrogens with zero attached hydrogens (tertiary/aromatic N) is 4. The summed E-state index contributed by atoms with van der Waals surface area (Å²) in [7, 11) is 3.24. The van der Waals surface area contributed by atoms with E-state index >= 15 is 0 Å². The van der Waals surface area contributed by atoms with Crippen molar-refractivity contribution in [3.05, 3.63) is 144 Å². The van der Waals surface area contributed by atoms with E-state index in [4.69, 9.17) is 18.9 Å². The van der Waals surface area contributed by atoms with Crippen molar-refractivity contribution < 1.29 is 28.8 Å². The maximum Gasteiger partial charge on any atom is 0.256 e. The Balaban J connectivity index is 1.27. The molecule has 0 unspecified atom stereocenters. The van der Waals surface area contributed by atoms with Crippen molar-refractivity contribution in [3.63, 3.8) is 0 Å². The average molecular weight is 644 g/mol. The molecule has 1 fully saturated rings. The minimum absolute atomic E-state index is 0.0613. The topological polar surface area (TPSA) is 130 Å². The number of rotatable bonds is 10. The van der Waals surface area contributed by atoms with Gasteiger partial charge < -0.3 is 29.4 Å². The van der Waals surface area contributed by atoms with E-state index in [1.165, 1.54) is 12.7 Å². The summed E-state index contributed by atoms with van der Waals surface area (Å²) in [5.41, 5.74) is 2.54. The van der Waals surface area contributed by atoms with Crippen molar-refractivity contribution >= 4 is 22.9 Å². The lowest BCUT2D eigenvalue weighted by atomic mass is 9.79. The second-order valence-electron chi connectivity index (χ2n) is 11.2. The molecule has 1 aliphatic heterocycles. The zero-order chi connectivity index (χ0) is 33.1. The molecule has 3 heterocycles. The van der Waals surface area contributed by atoms with Crippen LogP contribution in [0.2, 0.25) is 0 Å². The number of ether oxygens (including phenoxy) is 4. The first-order valence-corrected chi connectivity index (χ1v) is 15.4. The van der Waals surface area contributed by atoms with Crippen LogP contribution in [0.25, 0.3) is 11.2 Å². The van der Waals surface area contributed by atoms with Gasteiger partial charge in [0.1, 0.15) is 47.5 Å². The largest absolute Gasteiger partial charge is 0.497 e. The monoisotopic (exact) mass is 643 g/mol. The molecule has 48 heavy (non-hydrogen) atoms. The standard InChI is InChI=1S/C37H33N5O6/c1-45-28-17-13-26(14-18-28)37(25-11-7-4-8-12-25,27-15-19-29(46-2)20-16-27)48-30-21-47-36(32(30)43)42-23-40-33-31(42)34(39-22-38-33)41-35(44)24-9-5-3-6-10-24/h3-20,22-23,30,32,36,43H,21H2,1-2H3,(H,38,39,41,44)/t30-,32-,36-/m1/s1. The SMILES string of the molecule is COc1ccc(C(O[C@@H]2CO[C@@H](n3cnc4ncnc(NC(=O)c5ccccc5)c43)[C@@H]2O)(c2ccccc2)c2ccc(OC)cc2)cc1. The molecule has 1 saturated heterocycles. The van der Waals surface area contributed by atoms with Gasteiger partial charge in [-0.2, -0.15) is 0 Å². The van der Waals surface area contributed by atoms with E-state index in [1.54, 1.807) is 43.1 Å².